The molecule has 0 aromatic carbocycles. The van der Waals surface area contributed by atoms with E-state index in [1.807, 2.05) is 0 Å². The van der Waals surface area contributed by atoms with E-state index >= 15 is 0 Å². The summed E-state index contributed by atoms with van der Waals surface area (Å²) in [7, 11) is 8.66. The van der Waals surface area contributed by atoms with E-state index in [-0.39, 0.29) is 41.9 Å². The van der Waals surface area contributed by atoms with E-state index < -0.39 is 46.8 Å². The van der Waals surface area contributed by atoms with Crippen LogP contribution in [0.15, 0.2) is 0 Å². The van der Waals surface area contributed by atoms with Gasteiger partial charge in [0, 0.05) is 69.6 Å². The molecule has 6 aliphatic rings. The number of rotatable bonds is 5. The van der Waals surface area contributed by atoms with Crippen LogP contribution in [0.3, 0.4) is 0 Å². The molecule has 0 radical (unpaired) electrons. The van der Waals surface area contributed by atoms with Gasteiger partial charge >= 0.3 is 0 Å². The molecule has 5 saturated carbocycles. The molecule has 0 aromatic rings. The van der Waals surface area contributed by atoms with E-state index in [0.717, 1.165) is 19.4 Å². The predicted molar refractivity (Wildman–Crippen MR) is 115 cm³/mol. The number of likely N-dealkylation sites (tertiary alicyclic amines) is 1. The molecule has 9 heteroatoms. The minimum Gasteiger partial charge on any atom is -0.390 e. The lowest BCUT2D eigenvalue weighted by Crippen LogP contribution is -2.79. The lowest BCUT2D eigenvalue weighted by Gasteiger charge is -2.69. The van der Waals surface area contributed by atoms with Crippen molar-refractivity contribution < 1.29 is 39.4 Å². The summed E-state index contributed by atoms with van der Waals surface area (Å²) >= 11 is 0. The average Bonchev–Trinajstić information content (AvgIpc) is 3.16. The van der Waals surface area contributed by atoms with Gasteiger partial charge in [-0.1, -0.05) is 0 Å². The maximum absolute atomic E-state index is 12.5. The van der Waals surface area contributed by atoms with Crippen LogP contribution < -0.4 is 0 Å². The molecule has 4 N–H and O–H groups in total. The maximum Gasteiger partial charge on any atom is 0.120 e. The molecule has 1 spiro atoms. The summed E-state index contributed by atoms with van der Waals surface area (Å²) in [5.74, 6) is -1.44. The first-order valence-electron chi connectivity index (χ1n) is 12.2. The lowest BCUT2D eigenvalue weighted by molar-refractivity contribution is -0.314. The number of fused-ring (bicyclic) bond motifs is 2. The van der Waals surface area contributed by atoms with Gasteiger partial charge in [-0.25, -0.2) is 0 Å². The molecule has 0 amide bonds. The third-order valence-corrected chi connectivity index (χ3v) is 11.3. The maximum atomic E-state index is 12.5. The Morgan fingerprint density at radius 2 is 1.70 bits per heavy atom. The second-order valence-corrected chi connectivity index (χ2v) is 11.9. The summed E-state index contributed by atoms with van der Waals surface area (Å²) in [6.45, 7) is 1.36. The van der Waals surface area contributed by atoms with Gasteiger partial charge in [0.2, 0.25) is 0 Å². The zero-order chi connectivity index (χ0) is 23.7. The molecule has 5 aliphatic carbocycles. The fraction of sp³-hybridized carbons (Fsp3) is 1.00. The third kappa shape index (κ3) is 2.15. The highest BCUT2D eigenvalue weighted by Gasteiger charge is 2.89. The number of piperidine rings is 1. The smallest absolute Gasteiger partial charge is 0.120 e. The van der Waals surface area contributed by atoms with Gasteiger partial charge in [-0.05, 0) is 32.2 Å². The van der Waals surface area contributed by atoms with Crippen LogP contribution in [0.25, 0.3) is 0 Å². The number of hydrogen-bond donors (Lipinski definition) is 4. The molecule has 1 aliphatic heterocycles. The van der Waals surface area contributed by atoms with Crippen LogP contribution in [-0.4, -0.2) is 122 Å². The molecule has 6 fully saturated rings. The van der Waals surface area contributed by atoms with E-state index in [1.54, 1.807) is 21.3 Å². The summed E-state index contributed by atoms with van der Waals surface area (Å²) in [5, 5.41) is 47.3. The zero-order valence-corrected chi connectivity index (χ0v) is 20.2. The van der Waals surface area contributed by atoms with Crippen LogP contribution >= 0.6 is 0 Å². The molecular weight excluding hydrogens is 430 g/mol. The number of nitrogens with zero attached hydrogens (tertiary/aromatic N) is 1. The Kier molecular flexibility index (Phi) is 4.82. The Morgan fingerprint density at radius 3 is 2.30 bits per heavy atom. The molecule has 1 saturated heterocycles. The molecule has 7 bridgehead atoms. The fourth-order valence-corrected chi connectivity index (χ4v) is 10.9. The highest BCUT2D eigenvalue weighted by molar-refractivity contribution is 5.39. The summed E-state index contributed by atoms with van der Waals surface area (Å²) in [4.78, 5) is 2.31. The minimum atomic E-state index is -1.67. The van der Waals surface area contributed by atoms with Crippen molar-refractivity contribution in [1.29, 1.82) is 0 Å². The minimum absolute atomic E-state index is 0.00206. The van der Waals surface area contributed by atoms with E-state index in [4.69, 9.17) is 18.9 Å². The Morgan fingerprint density at radius 1 is 0.970 bits per heavy atom. The average molecular weight is 470 g/mol. The molecule has 188 valence electrons. The second kappa shape index (κ2) is 6.89. The first-order valence-corrected chi connectivity index (χ1v) is 12.2. The number of methoxy groups -OCH3 is 4. The van der Waals surface area contributed by atoms with Crippen molar-refractivity contribution in [2.24, 2.45) is 34.5 Å². The van der Waals surface area contributed by atoms with Gasteiger partial charge in [0.1, 0.15) is 23.4 Å². The van der Waals surface area contributed by atoms with Crippen molar-refractivity contribution in [1.82, 2.24) is 4.90 Å². The third-order valence-electron chi connectivity index (χ3n) is 11.3. The number of aliphatic hydroxyl groups is 4. The Hall–Kier alpha value is -0.360. The Labute approximate surface area is 194 Å². The van der Waals surface area contributed by atoms with Crippen LogP contribution in [0.2, 0.25) is 0 Å². The largest absolute Gasteiger partial charge is 0.390 e. The Bertz CT molecular complexity index is 830. The molecule has 9 nitrogen and oxygen atoms in total. The quantitative estimate of drug-likeness (QED) is 0.396. The van der Waals surface area contributed by atoms with Crippen LogP contribution in [0.1, 0.15) is 19.3 Å². The molecule has 1 heterocycles. The van der Waals surface area contributed by atoms with E-state index in [0.29, 0.717) is 6.61 Å². The van der Waals surface area contributed by atoms with Crippen molar-refractivity contribution in [3.8, 4) is 0 Å². The van der Waals surface area contributed by atoms with E-state index in [1.165, 1.54) is 7.11 Å². The van der Waals surface area contributed by atoms with Crippen LogP contribution in [0, 0.1) is 34.5 Å². The summed E-state index contributed by atoms with van der Waals surface area (Å²) < 4.78 is 23.9. The summed E-state index contributed by atoms with van der Waals surface area (Å²) in [5.41, 5.74) is -3.98. The van der Waals surface area contributed by atoms with Crippen molar-refractivity contribution in [3.63, 3.8) is 0 Å². The monoisotopic (exact) mass is 469 g/mol. The molecule has 0 aromatic heterocycles. The number of ether oxygens (including phenoxy) is 4. The van der Waals surface area contributed by atoms with Crippen LogP contribution in [0.4, 0.5) is 0 Å². The molecule has 6 rings (SSSR count). The van der Waals surface area contributed by atoms with Crippen molar-refractivity contribution in [3.05, 3.63) is 0 Å². The normalized spacial score (nSPS) is 63.2. The number of hydrogen-bond acceptors (Lipinski definition) is 9. The van der Waals surface area contributed by atoms with E-state index in [9.17, 15) is 20.4 Å². The van der Waals surface area contributed by atoms with Gasteiger partial charge in [-0.3, -0.25) is 0 Å². The van der Waals surface area contributed by atoms with Crippen molar-refractivity contribution >= 4 is 0 Å². The standard InChI is InChI=1S/C24H39NO8/c1-25-9-21(10-30-2)7-6-12(31-3)23-11-8-22(28)18(26)13(11)24(29,19(27)20(22)33-5)14(17(23)25)15(32-4)16(21)23/h11-20,26-29H,6-10H2,1-5H3/t11-,12+,13+,14+,15+,16+,17-,18-,19-,20+,21+,22-,23+,24-/m1/s1. The van der Waals surface area contributed by atoms with Crippen LogP contribution in [-0.2, 0) is 18.9 Å². The van der Waals surface area contributed by atoms with Gasteiger partial charge in [0.05, 0.1) is 24.9 Å². The predicted octanol–water partition coefficient (Wildman–Crippen LogP) is -1.15. The van der Waals surface area contributed by atoms with Gasteiger partial charge in [0.15, 0.2) is 0 Å². The second-order valence-electron chi connectivity index (χ2n) is 11.9. The molecule has 14 atom stereocenters. The topological polar surface area (TPSA) is 121 Å². The van der Waals surface area contributed by atoms with Gasteiger partial charge in [0.25, 0.3) is 0 Å². The van der Waals surface area contributed by atoms with Gasteiger partial charge in [-0.15, -0.1) is 0 Å². The van der Waals surface area contributed by atoms with Crippen LogP contribution in [0.5, 0.6) is 0 Å². The highest BCUT2D eigenvalue weighted by Crippen LogP contribution is 2.79. The first-order chi connectivity index (χ1) is 15.6. The first kappa shape index (κ1) is 23.1. The number of aliphatic hydroxyl groups excluding tert-OH is 2. The SMILES string of the molecule is COC[C@@]12CC[C@H](OC)[C@@]34[C@@H]5C[C@@]6(O)[C@H](O)[C@H]5[C@@](O)([C@@H]([C@H](OC)[C@@H]13)[C@H]4N(C)C2)[C@H](O)[C@@H]6OC. The van der Waals surface area contributed by atoms with Gasteiger partial charge in [-0.2, -0.15) is 0 Å². The highest BCUT2D eigenvalue weighted by atomic mass is 16.5. The summed E-state index contributed by atoms with van der Waals surface area (Å²) in [6.07, 6.45) is -2.14. The fourth-order valence-electron chi connectivity index (χ4n) is 10.9. The molecule has 0 unspecified atom stereocenters. The van der Waals surface area contributed by atoms with Crippen molar-refractivity contribution in [2.45, 2.75) is 67.0 Å². The Balaban J connectivity index is 1.66. The van der Waals surface area contributed by atoms with E-state index in [2.05, 4.69) is 11.9 Å². The molecular formula is C24H39NO8. The van der Waals surface area contributed by atoms with Gasteiger partial charge < -0.3 is 44.3 Å². The lowest BCUT2D eigenvalue weighted by atomic mass is 9.43. The molecule has 33 heavy (non-hydrogen) atoms. The van der Waals surface area contributed by atoms with Crippen molar-refractivity contribution in [2.75, 3.05) is 48.6 Å². The summed E-state index contributed by atoms with van der Waals surface area (Å²) in [6, 6.07) is -0.131. The zero-order valence-electron chi connectivity index (χ0n) is 20.2.